The lowest BCUT2D eigenvalue weighted by Crippen LogP contribution is -2.38. The summed E-state index contributed by atoms with van der Waals surface area (Å²) in [6.07, 6.45) is 0. The first-order valence-electron chi connectivity index (χ1n) is 5.97. The van der Waals surface area contributed by atoms with E-state index in [0.717, 1.165) is 0 Å². The molecule has 0 aliphatic heterocycles. The van der Waals surface area contributed by atoms with Crippen molar-refractivity contribution in [2.24, 2.45) is 0 Å². The Balaban J connectivity index is 2.26. The highest BCUT2D eigenvalue weighted by atomic mass is 16.5. The molecule has 0 aliphatic carbocycles. The molecule has 0 heterocycles. The molecule has 5 nitrogen and oxygen atoms in total. The monoisotopic (exact) mass is 252 g/mol. The molecule has 5 heteroatoms. The second-order valence-electron chi connectivity index (χ2n) is 3.99. The zero-order chi connectivity index (χ0) is 13.4. The van der Waals surface area contributed by atoms with Crippen molar-refractivity contribution in [1.29, 1.82) is 0 Å². The lowest BCUT2D eigenvalue weighted by Gasteiger charge is -2.14. The van der Waals surface area contributed by atoms with Gasteiger partial charge in [0, 0.05) is 18.3 Å². The highest BCUT2D eigenvalue weighted by Gasteiger charge is 2.07. The van der Waals surface area contributed by atoms with Gasteiger partial charge in [0.2, 0.25) is 0 Å². The van der Waals surface area contributed by atoms with Crippen LogP contribution in [0.15, 0.2) is 24.3 Å². The third-order valence-corrected chi connectivity index (χ3v) is 2.23. The van der Waals surface area contributed by atoms with Gasteiger partial charge in [-0.2, -0.15) is 0 Å². The summed E-state index contributed by atoms with van der Waals surface area (Å²) < 4.78 is 10.5. The lowest BCUT2D eigenvalue weighted by molar-refractivity contribution is -0.124. The molecule has 1 rings (SSSR count). The number of carbonyl (C=O) groups is 1. The molecule has 1 aromatic rings. The van der Waals surface area contributed by atoms with E-state index in [1.807, 2.05) is 13.8 Å². The van der Waals surface area contributed by atoms with Crippen molar-refractivity contribution in [3.63, 3.8) is 0 Å². The zero-order valence-electron chi connectivity index (χ0n) is 10.8. The second kappa shape index (κ2) is 7.55. The minimum Gasteiger partial charge on any atom is -0.484 e. The van der Waals surface area contributed by atoms with Gasteiger partial charge in [-0.05, 0) is 38.1 Å². The van der Waals surface area contributed by atoms with E-state index in [2.05, 4.69) is 5.32 Å². The Hall–Kier alpha value is -1.75. The highest BCUT2D eigenvalue weighted by Crippen LogP contribution is 2.12. The maximum absolute atomic E-state index is 11.5. The maximum Gasteiger partial charge on any atom is 0.258 e. The summed E-state index contributed by atoms with van der Waals surface area (Å²) >= 11 is 0. The Morgan fingerprint density at radius 3 is 2.67 bits per heavy atom. The molecule has 1 unspecified atom stereocenters. The maximum atomic E-state index is 11.5. The lowest BCUT2D eigenvalue weighted by atomic mass is 10.3. The third kappa shape index (κ3) is 5.54. The van der Waals surface area contributed by atoms with Crippen molar-refractivity contribution in [2.75, 3.05) is 25.6 Å². The van der Waals surface area contributed by atoms with Crippen molar-refractivity contribution in [2.45, 2.75) is 19.9 Å². The molecule has 1 atom stereocenters. The summed E-state index contributed by atoms with van der Waals surface area (Å²) in [5.41, 5.74) is 6.21. The van der Waals surface area contributed by atoms with Crippen LogP contribution in [0.3, 0.4) is 0 Å². The van der Waals surface area contributed by atoms with Gasteiger partial charge in [0.1, 0.15) is 5.75 Å². The molecular formula is C13H20N2O3. The Morgan fingerprint density at radius 1 is 1.39 bits per heavy atom. The topological polar surface area (TPSA) is 73.6 Å². The number of ether oxygens (including phenoxy) is 2. The number of nitrogen functional groups attached to an aromatic ring is 1. The van der Waals surface area contributed by atoms with Gasteiger partial charge in [-0.15, -0.1) is 0 Å². The Bertz CT molecular complexity index is 365. The number of carbonyl (C=O) groups excluding carboxylic acids is 1. The first-order chi connectivity index (χ1) is 8.61. The molecule has 18 heavy (non-hydrogen) atoms. The van der Waals surface area contributed by atoms with E-state index < -0.39 is 0 Å². The van der Waals surface area contributed by atoms with Crippen LogP contribution in [0, 0.1) is 0 Å². The molecule has 100 valence electrons. The average molecular weight is 252 g/mol. The smallest absolute Gasteiger partial charge is 0.258 e. The van der Waals surface area contributed by atoms with Gasteiger partial charge in [0.05, 0.1) is 6.61 Å². The van der Waals surface area contributed by atoms with Crippen LogP contribution in [0.2, 0.25) is 0 Å². The molecule has 0 aromatic heterocycles. The minimum atomic E-state index is -0.168. The van der Waals surface area contributed by atoms with Gasteiger partial charge in [0.25, 0.3) is 5.91 Å². The van der Waals surface area contributed by atoms with Gasteiger partial charge in [-0.1, -0.05) is 0 Å². The molecule has 0 saturated heterocycles. The summed E-state index contributed by atoms with van der Waals surface area (Å²) in [5, 5.41) is 2.78. The van der Waals surface area contributed by atoms with Crippen molar-refractivity contribution < 1.29 is 14.3 Å². The largest absolute Gasteiger partial charge is 0.484 e. The highest BCUT2D eigenvalue weighted by molar-refractivity contribution is 5.77. The Morgan fingerprint density at radius 2 is 2.06 bits per heavy atom. The van der Waals surface area contributed by atoms with E-state index in [0.29, 0.717) is 24.7 Å². The molecule has 0 fully saturated rings. The molecule has 1 aromatic carbocycles. The van der Waals surface area contributed by atoms with Crippen LogP contribution < -0.4 is 15.8 Å². The number of hydrogen-bond acceptors (Lipinski definition) is 4. The Labute approximate surface area is 107 Å². The van der Waals surface area contributed by atoms with Crippen molar-refractivity contribution in [3.05, 3.63) is 24.3 Å². The van der Waals surface area contributed by atoms with Crippen molar-refractivity contribution in [3.8, 4) is 5.75 Å². The summed E-state index contributed by atoms with van der Waals surface area (Å²) in [6.45, 7) is 4.93. The molecule has 0 bridgehead atoms. The van der Waals surface area contributed by atoms with Crippen LogP contribution in [0.4, 0.5) is 5.69 Å². The number of amides is 1. The van der Waals surface area contributed by atoms with E-state index in [1.165, 1.54) is 0 Å². The first-order valence-corrected chi connectivity index (χ1v) is 5.97. The van der Waals surface area contributed by atoms with Crippen LogP contribution >= 0.6 is 0 Å². The van der Waals surface area contributed by atoms with Crippen LogP contribution in [0.5, 0.6) is 5.75 Å². The van der Waals surface area contributed by atoms with Crippen LogP contribution in [-0.4, -0.2) is 31.8 Å². The zero-order valence-corrected chi connectivity index (χ0v) is 10.8. The average Bonchev–Trinajstić information content (AvgIpc) is 2.35. The number of hydrogen-bond donors (Lipinski definition) is 2. The van der Waals surface area contributed by atoms with Crippen LogP contribution in [0.1, 0.15) is 13.8 Å². The van der Waals surface area contributed by atoms with Gasteiger partial charge in [0.15, 0.2) is 6.61 Å². The number of nitrogens with two attached hydrogens (primary N) is 1. The van der Waals surface area contributed by atoms with E-state index >= 15 is 0 Å². The van der Waals surface area contributed by atoms with Crippen LogP contribution in [0.25, 0.3) is 0 Å². The summed E-state index contributed by atoms with van der Waals surface area (Å²) in [5.74, 6) is 0.454. The molecule has 3 N–H and O–H groups in total. The predicted molar refractivity (Wildman–Crippen MR) is 70.4 cm³/mol. The van der Waals surface area contributed by atoms with E-state index in [1.54, 1.807) is 24.3 Å². The first kappa shape index (κ1) is 14.3. The fourth-order valence-corrected chi connectivity index (χ4v) is 1.37. The molecule has 0 aliphatic rings. The van der Waals surface area contributed by atoms with E-state index in [4.69, 9.17) is 15.2 Å². The van der Waals surface area contributed by atoms with Gasteiger partial charge in [-0.3, -0.25) is 4.79 Å². The fraction of sp³-hybridized carbons (Fsp3) is 0.462. The minimum absolute atomic E-state index is 0.0135. The summed E-state index contributed by atoms with van der Waals surface area (Å²) in [6, 6.07) is 6.89. The normalized spacial score (nSPS) is 11.9. The second-order valence-corrected chi connectivity index (χ2v) is 3.99. The van der Waals surface area contributed by atoms with Crippen molar-refractivity contribution >= 4 is 11.6 Å². The predicted octanol–water partition coefficient (Wildman–Crippen LogP) is 1.19. The number of benzene rings is 1. The van der Waals surface area contributed by atoms with Gasteiger partial charge < -0.3 is 20.5 Å². The summed E-state index contributed by atoms with van der Waals surface area (Å²) in [4.78, 5) is 11.5. The molecule has 1 amide bonds. The number of anilines is 1. The van der Waals surface area contributed by atoms with Gasteiger partial charge >= 0.3 is 0 Å². The Kier molecular flexibility index (Phi) is 6.00. The van der Waals surface area contributed by atoms with E-state index in [-0.39, 0.29) is 18.6 Å². The van der Waals surface area contributed by atoms with Crippen LogP contribution in [-0.2, 0) is 9.53 Å². The summed E-state index contributed by atoms with van der Waals surface area (Å²) in [7, 11) is 0. The fourth-order valence-electron chi connectivity index (χ4n) is 1.37. The molecule has 0 saturated carbocycles. The molecule has 0 radical (unpaired) electrons. The quantitative estimate of drug-likeness (QED) is 0.715. The number of rotatable bonds is 7. The SMILES string of the molecule is CCOCC(C)NC(=O)COc1ccc(N)cc1. The standard InChI is InChI=1S/C13H20N2O3/c1-3-17-8-10(2)15-13(16)9-18-12-6-4-11(14)5-7-12/h4-7,10H,3,8-9,14H2,1-2H3,(H,15,16). The van der Waals surface area contributed by atoms with Crippen molar-refractivity contribution in [1.82, 2.24) is 5.32 Å². The van der Waals surface area contributed by atoms with Gasteiger partial charge in [-0.25, -0.2) is 0 Å². The number of nitrogens with one attached hydrogen (secondary N) is 1. The molecular weight excluding hydrogens is 232 g/mol. The third-order valence-electron chi connectivity index (χ3n) is 2.23. The molecule has 0 spiro atoms. The van der Waals surface area contributed by atoms with E-state index in [9.17, 15) is 4.79 Å².